The second-order valence-corrected chi connectivity index (χ2v) is 5.34. The normalized spacial score (nSPS) is 19.0. The highest BCUT2D eigenvalue weighted by Gasteiger charge is 2.30. The van der Waals surface area contributed by atoms with Gasteiger partial charge < -0.3 is 11.1 Å². The maximum absolute atomic E-state index is 11.9. The molecule has 0 unspecified atom stereocenters. The van der Waals surface area contributed by atoms with Gasteiger partial charge in [0.05, 0.1) is 5.69 Å². The summed E-state index contributed by atoms with van der Waals surface area (Å²) < 4.78 is 0. The van der Waals surface area contributed by atoms with E-state index in [0.717, 1.165) is 12.8 Å². The minimum atomic E-state index is -0.0214. The Morgan fingerprint density at radius 3 is 2.73 bits per heavy atom. The van der Waals surface area contributed by atoms with Crippen LogP contribution >= 0.6 is 11.3 Å². The van der Waals surface area contributed by atoms with Gasteiger partial charge in [0.25, 0.3) is 5.91 Å². The average molecular weight is 224 g/mol. The zero-order chi connectivity index (χ0) is 10.9. The van der Waals surface area contributed by atoms with Gasteiger partial charge in [-0.2, -0.15) is 0 Å². The SMILES string of the molecule is CC1(NC(=O)c2sccc2N)CCCC1. The number of carbonyl (C=O) groups is 1. The van der Waals surface area contributed by atoms with Crippen molar-refractivity contribution in [1.29, 1.82) is 0 Å². The lowest BCUT2D eigenvalue weighted by Crippen LogP contribution is -2.43. The summed E-state index contributed by atoms with van der Waals surface area (Å²) in [6.07, 6.45) is 4.56. The first-order chi connectivity index (χ1) is 7.11. The standard InChI is InChI=1S/C11H16N2OS/c1-11(5-2-3-6-11)13-10(14)9-8(12)4-7-15-9/h4,7H,2-3,5-6,12H2,1H3,(H,13,14). The maximum atomic E-state index is 11.9. The summed E-state index contributed by atoms with van der Waals surface area (Å²) >= 11 is 1.40. The highest BCUT2D eigenvalue weighted by Crippen LogP contribution is 2.30. The molecule has 1 heterocycles. The van der Waals surface area contributed by atoms with E-state index in [0.29, 0.717) is 10.6 Å². The Morgan fingerprint density at radius 1 is 1.53 bits per heavy atom. The molecule has 0 saturated heterocycles. The van der Waals surface area contributed by atoms with E-state index in [9.17, 15) is 4.79 Å². The summed E-state index contributed by atoms with van der Waals surface area (Å²) in [5.74, 6) is -0.0214. The van der Waals surface area contributed by atoms with Gasteiger partial charge in [-0.15, -0.1) is 11.3 Å². The summed E-state index contributed by atoms with van der Waals surface area (Å²) in [6.45, 7) is 2.11. The predicted octanol–water partition coefficient (Wildman–Crippen LogP) is 2.39. The quantitative estimate of drug-likeness (QED) is 0.810. The Balaban J connectivity index is 2.07. The summed E-state index contributed by atoms with van der Waals surface area (Å²) in [5, 5.41) is 4.94. The molecule has 2 rings (SSSR count). The molecular formula is C11H16N2OS. The fraction of sp³-hybridized carbons (Fsp3) is 0.545. The van der Waals surface area contributed by atoms with Crippen molar-refractivity contribution < 1.29 is 4.79 Å². The van der Waals surface area contributed by atoms with Crippen molar-refractivity contribution in [2.75, 3.05) is 5.73 Å². The third kappa shape index (κ3) is 2.15. The topological polar surface area (TPSA) is 55.1 Å². The predicted molar refractivity (Wildman–Crippen MR) is 63.1 cm³/mol. The van der Waals surface area contributed by atoms with Crippen LogP contribution in [0.5, 0.6) is 0 Å². The first-order valence-corrected chi connectivity index (χ1v) is 6.14. The molecule has 82 valence electrons. The third-order valence-electron chi connectivity index (χ3n) is 3.02. The second-order valence-electron chi connectivity index (χ2n) is 4.43. The zero-order valence-electron chi connectivity index (χ0n) is 8.88. The van der Waals surface area contributed by atoms with Crippen LogP contribution in [0.1, 0.15) is 42.3 Å². The number of anilines is 1. The summed E-state index contributed by atoms with van der Waals surface area (Å²) in [7, 11) is 0. The molecule has 0 aromatic carbocycles. The van der Waals surface area contributed by atoms with E-state index in [4.69, 9.17) is 5.73 Å². The van der Waals surface area contributed by atoms with Crippen LogP contribution in [0.25, 0.3) is 0 Å². The molecule has 1 aliphatic rings. The molecular weight excluding hydrogens is 208 g/mol. The van der Waals surface area contributed by atoms with Crippen LogP contribution in [0.3, 0.4) is 0 Å². The van der Waals surface area contributed by atoms with E-state index >= 15 is 0 Å². The fourth-order valence-electron chi connectivity index (χ4n) is 2.11. The Hall–Kier alpha value is -1.03. The number of rotatable bonds is 2. The van der Waals surface area contributed by atoms with Crippen LogP contribution in [-0.4, -0.2) is 11.4 Å². The molecule has 0 atom stereocenters. The van der Waals surface area contributed by atoms with Crippen molar-refractivity contribution in [3.63, 3.8) is 0 Å². The van der Waals surface area contributed by atoms with Crippen LogP contribution in [-0.2, 0) is 0 Å². The van der Waals surface area contributed by atoms with E-state index in [2.05, 4.69) is 12.2 Å². The van der Waals surface area contributed by atoms with Crippen molar-refractivity contribution in [3.05, 3.63) is 16.3 Å². The average Bonchev–Trinajstić information content (AvgIpc) is 2.74. The molecule has 3 N–H and O–H groups in total. The molecule has 1 aromatic heterocycles. The largest absolute Gasteiger partial charge is 0.397 e. The number of thiophene rings is 1. The van der Waals surface area contributed by atoms with Crippen molar-refractivity contribution in [1.82, 2.24) is 5.32 Å². The van der Waals surface area contributed by atoms with E-state index in [-0.39, 0.29) is 11.4 Å². The molecule has 1 aliphatic carbocycles. The van der Waals surface area contributed by atoms with E-state index in [1.54, 1.807) is 6.07 Å². The number of nitrogens with two attached hydrogens (primary N) is 1. The Bertz CT molecular complexity index is 366. The zero-order valence-corrected chi connectivity index (χ0v) is 9.69. The third-order valence-corrected chi connectivity index (χ3v) is 3.95. The minimum absolute atomic E-state index is 0.0203. The smallest absolute Gasteiger partial charge is 0.263 e. The minimum Gasteiger partial charge on any atom is -0.397 e. The number of amides is 1. The molecule has 1 saturated carbocycles. The second kappa shape index (κ2) is 3.85. The van der Waals surface area contributed by atoms with Crippen LogP contribution in [0.4, 0.5) is 5.69 Å². The van der Waals surface area contributed by atoms with Gasteiger partial charge in [-0.05, 0) is 31.2 Å². The molecule has 0 spiro atoms. The highest BCUT2D eigenvalue weighted by molar-refractivity contribution is 7.12. The van der Waals surface area contributed by atoms with E-state index in [1.807, 2.05) is 5.38 Å². The molecule has 3 nitrogen and oxygen atoms in total. The lowest BCUT2D eigenvalue weighted by Gasteiger charge is -2.24. The summed E-state index contributed by atoms with van der Waals surface area (Å²) in [4.78, 5) is 12.5. The van der Waals surface area contributed by atoms with Crippen LogP contribution in [0.2, 0.25) is 0 Å². The van der Waals surface area contributed by atoms with Crippen LogP contribution in [0, 0.1) is 0 Å². The van der Waals surface area contributed by atoms with Gasteiger partial charge in [0.2, 0.25) is 0 Å². The van der Waals surface area contributed by atoms with Gasteiger partial charge >= 0.3 is 0 Å². The molecule has 4 heteroatoms. The van der Waals surface area contributed by atoms with Gasteiger partial charge in [0.15, 0.2) is 0 Å². The maximum Gasteiger partial charge on any atom is 0.263 e. The summed E-state index contributed by atoms with van der Waals surface area (Å²) in [6, 6.07) is 1.77. The highest BCUT2D eigenvalue weighted by atomic mass is 32.1. The van der Waals surface area contributed by atoms with Crippen molar-refractivity contribution >= 4 is 22.9 Å². The van der Waals surface area contributed by atoms with Crippen molar-refractivity contribution in [3.8, 4) is 0 Å². The first-order valence-electron chi connectivity index (χ1n) is 5.26. The van der Waals surface area contributed by atoms with Gasteiger partial charge in [0.1, 0.15) is 4.88 Å². The lowest BCUT2D eigenvalue weighted by molar-refractivity contribution is 0.0913. The number of carbonyl (C=O) groups excluding carboxylic acids is 1. The first kappa shape index (κ1) is 10.5. The van der Waals surface area contributed by atoms with Crippen LogP contribution in [0.15, 0.2) is 11.4 Å². The molecule has 1 amide bonds. The number of hydrogen-bond donors (Lipinski definition) is 2. The number of nitrogens with one attached hydrogen (secondary N) is 1. The Morgan fingerprint density at radius 2 is 2.20 bits per heavy atom. The molecule has 1 fully saturated rings. The van der Waals surface area contributed by atoms with Crippen molar-refractivity contribution in [2.24, 2.45) is 0 Å². The van der Waals surface area contributed by atoms with Crippen molar-refractivity contribution in [2.45, 2.75) is 38.1 Å². The fourth-order valence-corrected chi connectivity index (χ4v) is 2.83. The monoisotopic (exact) mass is 224 g/mol. The molecule has 1 aromatic rings. The van der Waals surface area contributed by atoms with E-state index < -0.39 is 0 Å². The lowest BCUT2D eigenvalue weighted by atomic mass is 10.0. The van der Waals surface area contributed by atoms with Gasteiger partial charge in [-0.1, -0.05) is 12.8 Å². The van der Waals surface area contributed by atoms with Gasteiger partial charge in [-0.25, -0.2) is 0 Å². The molecule has 0 radical (unpaired) electrons. The molecule has 0 bridgehead atoms. The van der Waals surface area contributed by atoms with Gasteiger partial charge in [-0.3, -0.25) is 4.79 Å². The van der Waals surface area contributed by atoms with Gasteiger partial charge in [0, 0.05) is 5.54 Å². The number of hydrogen-bond acceptors (Lipinski definition) is 3. The Kier molecular flexibility index (Phi) is 2.69. The van der Waals surface area contributed by atoms with E-state index in [1.165, 1.54) is 24.2 Å². The Labute approximate surface area is 93.7 Å². The van der Waals surface area contributed by atoms with Crippen LogP contribution < -0.4 is 11.1 Å². The molecule has 0 aliphatic heterocycles. The summed E-state index contributed by atoms with van der Waals surface area (Å²) in [5.41, 5.74) is 6.27. The number of nitrogen functional groups attached to an aromatic ring is 1. The molecule has 15 heavy (non-hydrogen) atoms.